The normalized spacial score (nSPS) is 10.5. The molecule has 5 heteroatoms. The number of nitrogens with two attached hydrogens (primary N) is 1. The van der Waals surface area contributed by atoms with Crippen molar-refractivity contribution in [2.75, 3.05) is 6.54 Å². The van der Waals surface area contributed by atoms with Crippen molar-refractivity contribution in [2.45, 2.75) is 6.42 Å². The number of hydrogen-bond donors (Lipinski definition) is 3. The van der Waals surface area contributed by atoms with Gasteiger partial charge in [-0.3, -0.25) is 0 Å². The van der Waals surface area contributed by atoms with Crippen LogP contribution < -0.4 is 5.73 Å². The molecule has 94 valence electrons. The van der Waals surface area contributed by atoms with Crippen LogP contribution in [-0.2, 0) is 6.42 Å². The largest absolute Gasteiger partial charge is 0.507 e. The lowest BCUT2D eigenvalue weighted by molar-refractivity contribution is 0.0694. The summed E-state index contributed by atoms with van der Waals surface area (Å²) in [6.45, 7) is 0.496. The summed E-state index contributed by atoms with van der Waals surface area (Å²) in [5, 5.41) is 18.4. The maximum absolute atomic E-state index is 10.8. The van der Waals surface area contributed by atoms with Gasteiger partial charge in [-0.1, -0.05) is 6.07 Å². The van der Waals surface area contributed by atoms with Crippen LogP contribution in [0.25, 0.3) is 11.3 Å². The van der Waals surface area contributed by atoms with Gasteiger partial charge < -0.3 is 20.4 Å². The van der Waals surface area contributed by atoms with E-state index < -0.39 is 5.97 Å². The van der Waals surface area contributed by atoms with E-state index in [4.69, 9.17) is 15.3 Å². The van der Waals surface area contributed by atoms with Crippen LogP contribution >= 0.6 is 0 Å². The molecule has 2 rings (SSSR count). The number of furan rings is 1. The SMILES string of the molecule is NCCc1ccc(-c2ccc(C(=O)O)c(O)c2)o1. The Morgan fingerprint density at radius 3 is 2.67 bits per heavy atom. The topological polar surface area (TPSA) is 96.7 Å². The molecule has 0 aliphatic heterocycles. The third-order valence-electron chi connectivity index (χ3n) is 2.57. The number of rotatable bonds is 4. The van der Waals surface area contributed by atoms with Crippen LogP contribution in [0.15, 0.2) is 34.7 Å². The van der Waals surface area contributed by atoms with Crippen LogP contribution in [0.3, 0.4) is 0 Å². The zero-order chi connectivity index (χ0) is 13.1. The number of carboxylic acid groups (broad SMARTS) is 1. The molecule has 4 N–H and O–H groups in total. The Hall–Kier alpha value is -2.27. The molecule has 0 amide bonds. The molecule has 1 aromatic carbocycles. The number of aromatic carboxylic acids is 1. The Morgan fingerprint density at radius 1 is 1.28 bits per heavy atom. The van der Waals surface area contributed by atoms with E-state index in [1.54, 1.807) is 12.1 Å². The Balaban J connectivity index is 2.33. The Morgan fingerprint density at radius 2 is 2.06 bits per heavy atom. The fourth-order valence-electron chi connectivity index (χ4n) is 1.68. The second-order valence-electron chi connectivity index (χ2n) is 3.84. The number of carbonyl (C=O) groups is 1. The Bertz CT molecular complexity index is 574. The first kappa shape index (κ1) is 12.2. The smallest absolute Gasteiger partial charge is 0.339 e. The van der Waals surface area contributed by atoms with Crippen molar-refractivity contribution in [3.63, 3.8) is 0 Å². The molecule has 0 spiro atoms. The molecule has 5 nitrogen and oxygen atoms in total. The number of hydrogen-bond acceptors (Lipinski definition) is 4. The summed E-state index contributed by atoms with van der Waals surface area (Å²) in [5.41, 5.74) is 5.91. The number of aromatic hydroxyl groups is 1. The van der Waals surface area contributed by atoms with E-state index in [2.05, 4.69) is 0 Å². The maximum atomic E-state index is 10.8. The lowest BCUT2D eigenvalue weighted by atomic mass is 10.1. The van der Waals surface area contributed by atoms with Gasteiger partial charge in [-0.05, 0) is 30.8 Å². The molecular weight excluding hydrogens is 234 g/mol. The minimum absolute atomic E-state index is 0.132. The first-order chi connectivity index (χ1) is 8.61. The number of phenols is 1. The molecule has 18 heavy (non-hydrogen) atoms. The molecule has 0 bridgehead atoms. The van der Waals surface area contributed by atoms with Crippen molar-refractivity contribution in [3.05, 3.63) is 41.7 Å². The molecule has 0 unspecified atom stereocenters. The quantitative estimate of drug-likeness (QED) is 0.766. The summed E-state index contributed by atoms with van der Waals surface area (Å²) in [4.78, 5) is 10.8. The zero-order valence-electron chi connectivity index (χ0n) is 9.59. The summed E-state index contributed by atoms with van der Waals surface area (Å²) >= 11 is 0. The molecule has 2 aromatic rings. The van der Waals surface area contributed by atoms with Gasteiger partial charge in [0.1, 0.15) is 22.8 Å². The van der Waals surface area contributed by atoms with E-state index in [1.807, 2.05) is 6.07 Å². The number of benzene rings is 1. The fraction of sp³-hybridized carbons (Fsp3) is 0.154. The highest BCUT2D eigenvalue weighted by atomic mass is 16.4. The predicted octanol–water partition coefficient (Wildman–Crippen LogP) is 1.85. The van der Waals surface area contributed by atoms with Crippen molar-refractivity contribution < 1.29 is 19.4 Å². The van der Waals surface area contributed by atoms with E-state index in [1.165, 1.54) is 12.1 Å². The van der Waals surface area contributed by atoms with Gasteiger partial charge in [-0.15, -0.1) is 0 Å². The minimum atomic E-state index is -1.16. The summed E-state index contributed by atoms with van der Waals surface area (Å²) in [7, 11) is 0. The van der Waals surface area contributed by atoms with Gasteiger partial charge in [-0.2, -0.15) is 0 Å². The van der Waals surface area contributed by atoms with Crippen molar-refractivity contribution >= 4 is 5.97 Å². The molecule has 0 saturated carbocycles. The third kappa shape index (κ3) is 2.36. The molecule has 0 saturated heterocycles. The van der Waals surface area contributed by atoms with E-state index >= 15 is 0 Å². The lowest BCUT2D eigenvalue weighted by Gasteiger charge is -2.02. The molecule has 0 aliphatic carbocycles. The molecule has 1 heterocycles. The minimum Gasteiger partial charge on any atom is -0.507 e. The van der Waals surface area contributed by atoms with Crippen molar-refractivity contribution in [1.82, 2.24) is 0 Å². The average molecular weight is 247 g/mol. The van der Waals surface area contributed by atoms with Crippen LogP contribution in [0, 0.1) is 0 Å². The van der Waals surface area contributed by atoms with E-state index in [-0.39, 0.29) is 11.3 Å². The van der Waals surface area contributed by atoms with Gasteiger partial charge in [0.05, 0.1) is 0 Å². The third-order valence-corrected chi connectivity index (χ3v) is 2.57. The molecular formula is C13H13NO4. The second kappa shape index (κ2) is 4.93. The summed E-state index contributed by atoms with van der Waals surface area (Å²) < 4.78 is 5.53. The average Bonchev–Trinajstić information content (AvgIpc) is 2.77. The highest BCUT2D eigenvalue weighted by Crippen LogP contribution is 2.28. The maximum Gasteiger partial charge on any atom is 0.339 e. The fourth-order valence-corrected chi connectivity index (χ4v) is 1.68. The van der Waals surface area contributed by atoms with Crippen LogP contribution in [0.1, 0.15) is 16.1 Å². The highest BCUT2D eigenvalue weighted by Gasteiger charge is 2.12. The van der Waals surface area contributed by atoms with Crippen LogP contribution in [0.4, 0.5) is 0 Å². The van der Waals surface area contributed by atoms with Gasteiger partial charge in [-0.25, -0.2) is 4.79 Å². The zero-order valence-corrected chi connectivity index (χ0v) is 9.59. The monoisotopic (exact) mass is 247 g/mol. The van der Waals surface area contributed by atoms with Crippen LogP contribution in [0.2, 0.25) is 0 Å². The van der Waals surface area contributed by atoms with E-state index in [0.717, 1.165) is 5.76 Å². The highest BCUT2D eigenvalue weighted by molar-refractivity contribution is 5.91. The Labute approximate surface area is 103 Å². The van der Waals surface area contributed by atoms with Gasteiger partial charge in [0.25, 0.3) is 0 Å². The summed E-state index contributed by atoms with van der Waals surface area (Å²) in [6.07, 6.45) is 0.638. The molecule has 0 aliphatic rings. The van der Waals surface area contributed by atoms with Gasteiger partial charge >= 0.3 is 5.97 Å². The predicted molar refractivity (Wildman–Crippen MR) is 65.5 cm³/mol. The molecule has 0 atom stereocenters. The van der Waals surface area contributed by atoms with Crippen LogP contribution in [-0.4, -0.2) is 22.7 Å². The van der Waals surface area contributed by atoms with Gasteiger partial charge in [0.2, 0.25) is 0 Å². The van der Waals surface area contributed by atoms with Gasteiger partial charge in [0, 0.05) is 12.0 Å². The van der Waals surface area contributed by atoms with Crippen molar-refractivity contribution in [1.29, 1.82) is 0 Å². The van der Waals surface area contributed by atoms with Crippen LogP contribution in [0.5, 0.6) is 5.75 Å². The Kier molecular flexibility index (Phi) is 3.34. The van der Waals surface area contributed by atoms with Gasteiger partial charge in [0.15, 0.2) is 0 Å². The molecule has 0 fully saturated rings. The molecule has 1 aromatic heterocycles. The second-order valence-corrected chi connectivity index (χ2v) is 3.84. The lowest BCUT2D eigenvalue weighted by Crippen LogP contribution is -2.01. The van der Waals surface area contributed by atoms with Crippen molar-refractivity contribution in [3.8, 4) is 17.1 Å². The first-order valence-corrected chi connectivity index (χ1v) is 5.47. The van der Waals surface area contributed by atoms with E-state index in [9.17, 15) is 9.90 Å². The number of carboxylic acids is 1. The molecule has 0 radical (unpaired) electrons. The summed E-state index contributed by atoms with van der Waals surface area (Å²) in [5.74, 6) is -0.112. The van der Waals surface area contributed by atoms with Crippen molar-refractivity contribution in [2.24, 2.45) is 5.73 Å². The van der Waals surface area contributed by atoms with E-state index in [0.29, 0.717) is 24.3 Å². The first-order valence-electron chi connectivity index (χ1n) is 5.47. The summed E-state index contributed by atoms with van der Waals surface area (Å²) in [6, 6.07) is 7.88. The standard InChI is InChI=1S/C13H13NO4/c14-6-5-9-2-4-12(18-9)8-1-3-10(13(16)17)11(15)7-8/h1-4,7,15H,5-6,14H2,(H,16,17).